The van der Waals surface area contributed by atoms with Crippen LogP contribution >= 0.6 is 0 Å². The number of fused-ring (bicyclic) bond motifs is 1. The summed E-state index contributed by atoms with van der Waals surface area (Å²) >= 11 is 0. The Labute approximate surface area is 123 Å². The Hall–Kier alpha value is -2.35. The maximum absolute atomic E-state index is 12.5. The van der Waals surface area contributed by atoms with Gasteiger partial charge < -0.3 is 10.2 Å². The lowest BCUT2D eigenvalue weighted by Crippen LogP contribution is -2.49. The lowest BCUT2D eigenvalue weighted by Gasteiger charge is -2.36. The van der Waals surface area contributed by atoms with Gasteiger partial charge >= 0.3 is 0 Å². The van der Waals surface area contributed by atoms with Crippen LogP contribution in [0, 0.1) is 17.2 Å². The van der Waals surface area contributed by atoms with Crippen LogP contribution in [0.3, 0.4) is 0 Å². The van der Waals surface area contributed by atoms with Crippen molar-refractivity contribution in [2.45, 2.75) is 25.3 Å². The van der Waals surface area contributed by atoms with Gasteiger partial charge in [0.1, 0.15) is 0 Å². The number of carbonyl (C=O) groups is 2. The number of carbonyl (C=O) groups excluding carboxylic acids is 2. The number of amides is 2. The van der Waals surface area contributed by atoms with Gasteiger partial charge in [-0.25, -0.2) is 0 Å². The molecule has 108 valence electrons. The smallest absolute Gasteiger partial charge is 0.227 e. The highest BCUT2D eigenvalue weighted by atomic mass is 16.2. The van der Waals surface area contributed by atoms with Crippen LogP contribution < -0.4 is 5.32 Å². The molecule has 1 aromatic carbocycles. The van der Waals surface area contributed by atoms with Crippen LogP contribution in [0.15, 0.2) is 24.3 Å². The Morgan fingerprint density at radius 2 is 2.14 bits per heavy atom. The molecule has 2 unspecified atom stereocenters. The minimum atomic E-state index is -0.0383. The van der Waals surface area contributed by atoms with Crippen LogP contribution in [0.25, 0.3) is 0 Å². The largest absolute Gasteiger partial charge is 0.354 e. The Morgan fingerprint density at radius 3 is 2.86 bits per heavy atom. The number of nitriles is 1. The molecular weight excluding hydrogens is 266 g/mol. The molecule has 2 heterocycles. The SMILES string of the molecule is N#Cc1ccc(CC(=O)N2CCCC3C(=O)NCC32)cc1. The van der Waals surface area contributed by atoms with Crippen molar-refractivity contribution in [1.82, 2.24) is 10.2 Å². The number of piperidine rings is 1. The maximum atomic E-state index is 12.5. The van der Waals surface area contributed by atoms with Gasteiger partial charge in [-0.15, -0.1) is 0 Å². The molecule has 0 aliphatic carbocycles. The molecule has 5 nitrogen and oxygen atoms in total. The van der Waals surface area contributed by atoms with E-state index in [1.54, 1.807) is 12.1 Å². The molecule has 2 aliphatic heterocycles. The van der Waals surface area contributed by atoms with E-state index in [4.69, 9.17) is 5.26 Å². The summed E-state index contributed by atoms with van der Waals surface area (Å²) in [7, 11) is 0. The van der Waals surface area contributed by atoms with Crippen LogP contribution in [0.5, 0.6) is 0 Å². The molecule has 2 amide bonds. The van der Waals surface area contributed by atoms with Gasteiger partial charge in [0.05, 0.1) is 30.0 Å². The summed E-state index contributed by atoms with van der Waals surface area (Å²) in [5, 5.41) is 11.6. The quantitative estimate of drug-likeness (QED) is 0.874. The van der Waals surface area contributed by atoms with Crippen LogP contribution in [0.4, 0.5) is 0 Å². The Morgan fingerprint density at radius 1 is 1.38 bits per heavy atom. The van der Waals surface area contributed by atoms with Crippen molar-refractivity contribution in [3.63, 3.8) is 0 Å². The molecule has 2 fully saturated rings. The van der Waals surface area contributed by atoms with Gasteiger partial charge in [-0.05, 0) is 30.5 Å². The second kappa shape index (κ2) is 5.57. The van der Waals surface area contributed by atoms with Crippen LogP contribution in [-0.2, 0) is 16.0 Å². The predicted octanol–water partition coefficient (Wildman–Crippen LogP) is 0.838. The average molecular weight is 283 g/mol. The summed E-state index contributed by atoms with van der Waals surface area (Å²) in [5.74, 6) is 0.102. The van der Waals surface area contributed by atoms with E-state index >= 15 is 0 Å². The number of nitrogens with zero attached hydrogens (tertiary/aromatic N) is 2. The van der Waals surface area contributed by atoms with Gasteiger partial charge in [-0.1, -0.05) is 12.1 Å². The summed E-state index contributed by atoms with van der Waals surface area (Å²) in [6.45, 7) is 1.30. The first-order valence-corrected chi connectivity index (χ1v) is 7.25. The van der Waals surface area contributed by atoms with Crippen molar-refractivity contribution >= 4 is 11.8 Å². The molecule has 1 aromatic rings. The van der Waals surface area contributed by atoms with Crippen molar-refractivity contribution in [2.75, 3.05) is 13.1 Å². The molecule has 0 radical (unpaired) electrons. The minimum absolute atomic E-state index is 0.0112. The number of rotatable bonds is 2. The molecule has 3 rings (SSSR count). The second-order valence-corrected chi connectivity index (χ2v) is 5.63. The van der Waals surface area contributed by atoms with E-state index in [9.17, 15) is 9.59 Å². The molecule has 0 spiro atoms. The highest BCUT2D eigenvalue weighted by molar-refractivity contribution is 5.85. The van der Waals surface area contributed by atoms with E-state index in [0.29, 0.717) is 18.5 Å². The van der Waals surface area contributed by atoms with Gasteiger partial charge in [0.15, 0.2) is 0 Å². The number of hydrogen-bond donors (Lipinski definition) is 1. The van der Waals surface area contributed by atoms with Crippen molar-refractivity contribution < 1.29 is 9.59 Å². The predicted molar refractivity (Wildman–Crippen MR) is 76.1 cm³/mol. The minimum Gasteiger partial charge on any atom is -0.354 e. The van der Waals surface area contributed by atoms with Crippen molar-refractivity contribution in [3.05, 3.63) is 35.4 Å². The third kappa shape index (κ3) is 2.62. The van der Waals surface area contributed by atoms with E-state index in [2.05, 4.69) is 11.4 Å². The van der Waals surface area contributed by atoms with Crippen molar-refractivity contribution in [1.29, 1.82) is 5.26 Å². The average Bonchev–Trinajstić information content (AvgIpc) is 2.89. The molecule has 0 bridgehead atoms. The van der Waals surface area contributed by atoms with Crippen LogP contribution in [0.2, 0.25) is 0 Å². The normalized spacial score (nSPS) is 24.1. The highest BCUT2D eigenvalue weighted by Gasteiger charge is 2.42. The summed E-state index contributed by atoms with van der Waals surface area (Å²) in [6.07, 6.45) is 2.08. The molecule has 1 N–H and O–H groups in total. The summed E-state index contributed by atoms with van der Waals surface area (Å²) in [6, 6.07) is 9.16. The highest BCUT2D eigenvalue weighted by Crippen LogP contribution is 2.27. The Kier molecular flexibility index (Phi) is 3.61. The third-order valence-corrected chi connectivity index (χ3v) is 4.36. The van der Waals surface area contributed by atoms with E-state index in [1.165, 1.54) is 0 Å². The zero-order valence-electron chi connectivity index (χ0n) is 11.7. The van der Waals surface area contributed by atoms with Gasteiger partial charge in [-0.3, -0.25) is 9.59 Å². The van der Waals surface area contributed by atoms with E-state index in [-0.39, 0.29) is 23.8 Å². The van der Waals surface area contributed by atoms with Crippen LogP contribution in [0.1, 0.15) is 24.0 Å². The van der Waals surface area contributed by atoms with Gasteiger partial charge in [0.25, 0.3) is 0 Å². The molecule has 2 saturated heterocycles. The lowest BCUT2D eigenvalue weighted by molar-refractivity contribution is -0.136. The molecule has 2 aliphatic rings. The molecule has 21 heavy (non-hydrogen) atoms. The lowest BCUT2D eigenvalue weighted by atomic mass is 9.91. The summed E-state index contributed by atoms with van der Waals surface area (Å²) < 4.78 is 0. The summed E-state index contributed by atoms with van der Waals surface area (Å²) in [4.78, 5) is 26.1. The monoisotopic (exact) mass is 283 g/mol. The summed E-state index contributed by atoms with van der Waals surface area (Å²) in [5.41, 5.74) is 1.49. The molecule has 5 heteroatoms. The molecule has 0 aromatic heterocycles. The Balaban J connectivity index is 1.69. The van der Waals surface area contributed by atoms with E-state index in [0.717, 1.165) is 24.9 Å². The first-order valence-electron chi connectivity index (χ1n) is 7.25. The van der Waals surface area contributed by atoms with Crippen molar-refractivity contribution in [3.8, 4) is 6.07 Å². The third-order valence-electron chi connectivity index (χ3n) is 4.36. The standard InChI is InChI=1S/C16H17N3O2/c17-9-12-5-3-11(4-6-12)8-15(20)19-7-1-2-13-14(19)10-18-16(13)21/h3-6,13-14H,1-2,7-8,10H2,(H,18,21). The van der Waals surface area contributed by atoms with E-state index in [1.807, 2.05) is 17.0 Å². The Bertz CT molecular complexity index is 603. The molecule has 2 atom stereocenters. The fourth-order valence-electron chi connectivity index (χ4n) is 3.23. The number of hydrogen-bond acceptors (Lipinski definition) is 3. The fraction of sp³-hybridized carbons (Fsp3) is 0.438. The molecule has 0 saturated carbocycles. The van der Waals surface area contributed by atoms with Crippen LogP contribution in [-0.4, -0.2) is 35.8 Å². The number of likely N-dealkylation sites (tertiary alicyclic amines) is 1. The molecular formula is C16H17N3O2. The zero-order valence-corrected chi connectivity index (χ0v) is 11.7. The second-order valence-electron chi connectivity index (χ2n) is 5.63. The first kappa shape index (κ1) is 13.6. The first-order chi connectivity index (χ1) is 10.2. The number of nitrogens with one attached hydrogen (secondary N) is 1. The van der Waals surface area contributed by atoms with Gasteiger partial charge in [0.2, 0.25) is 11.8 Å². The van der Waals surface area contributed by atoms with Crippen molar-refractivity contribution in [2.24, 2.45) is 5.92 Å². The maximum Gasteiger partial charge on any atom is 0.227 e. The van der Waals surface area contributed by atoms with Gasteiger partial charge in [-0.2, -0.15) is 5.26 Å². The van der Waals surface area contributed by atoms with E-state index < -0.39 is 0 Å². The zero-order chi connectivity index (χ0) is 14.8. The fourth-order valence-corrected chi connectivity index (χ4v) is 3.23. The van der Waals surface area contributed by atoms with Gasteiger partial charge in [0, 0.05) is 13.1 Å². The topological polar surface area (TPSA) is 73.2 Å². The number of benzene rings is 1.